The van der Waals surface area contributed by atoms with Crippen molar-refractivity contribution in [2.45, 2.75) is 26.3 Å². The highest BCUT2D eigenvalue weighted by molar-refractivity contribution is 5.98. The minimum absolute atomic E-state index is 0.0388. The fourth-order valence-corrected chi connectivity index (χ4v) is 2.74. The van der Waals surface area contributed by atoms with Gasteiger partial charge in [-0.3, -0.25) is 25.2 Å². The molecule has 3 amide bonds. The lowest BCUT2D eigenvalue weighted by molar-refractivity contribution is -0.130. The van der Waals surface area contributed by atoms with E-state index in [1.807, 2.05) is 0 Å². The maximum atomic E-state index is 12.9. The molecule has 9 heteroatoms. The van der Waals surface area contributed by atoms with E-state index in [0.717, 1.165) is 0 Å². The summed E-state index contributed by atoms with van der Waals surface area (Å²) in [5.74, 6) is -1.35. The van der Waals surface area contributed by atoms with Gasteiger partial charge in [-0.2, -0.15) is 0 Å². The van der Waals surface area contributed by atoms with Crippen LogP contribution in [-0.4, -0.2) is 38.0 Å². The minimum atomic E-state index is -0.907. The SMILES string of the molecule is COc1cc(OC)cc(C(=O)NC(C(=O)NNC(=O)Cc2ccc(F)cc2)C(C)C)c1. The number of carbonyl (C=O) groups excluding carboxylic acids is 3. The number of nitrogens with one attached hydrogen (secondary N) is 3. The molecule has 0 saturated carbocycles. The molecule has 1 atom stereocenters. The smallest absolute Gasteiger partial charge is 0.261 e. The number of benzene rings is 2. The van der Waals surface area contributed by atoms with Crippen molar-refractivity contribution in [3.63, 3.8) is 0 Å². The molecule has 0 aromatic heterocycles. The monoisotopic (exact) mass is 431 g/mol. The number of hydrogen-bond acceptors (Lipinski definition) is 5. The summed E-state index contributed by atoms with van der Waals surface area (Å²) in [5, 5.41) is 2.66. The molecule has 8 nitrogen and oxygen atoms in total. The molecule has 0 fully saturated rings. The van der Waals surface area contributed by atoms with Crippen molar-refractivity contribution in [2.24, 2.45) is 5.92 Å². The highest BCUT2D eigenvalue weighted by atomic mass is 19.1. The molecule has 0 saturated heterocycles. The van der Waals surface area contributed by atoms with Gasteiger partial charge in [-0.05, 0) is 35.7 Å². The number of hydrazine groups is 1. The quantitative estimate of drug-likeness (QED) is 0.555. The van der Waals surface area contributed by atoms with Gasteiger partial charge >= 0.3 is 0 Å². The van der Waals surface area contributed by atoms with Gasteiger partial charge in [-0.1, -0.05) is 26.0 Å². The Morgan fingerprint density at radius 2 is 1.52 bits per heavy atom. The molecule has 0 bridgehead atoms. The normalized spacial score (nSPS) is 11.4. The van der Waals surface area contributed by atoms with Gasteiger partial charge in [0, 0.05) is 11.6 Å². The first-order valence-corrected chi connectivity index (χ1v) is 9.60. The highest BCUT2D eigenvalue weighted by Gasteiger charge is 2.25. The van der Waals surface area contributed by atoms with E-state index in [1.54, 1.807) is 19.9 Å². The summed E-state index contributed by atoms with van der Waals surface area (Å²) in [6.45, 7) is 3.52. The number of ether oxygens (including phenoxy) is 2. The largest absolute Gasteiger partial charge is 0.497 e. The second-order valence-corrected chi connectivity index (χ2v) is 7.14. The molecule has 0 heterocycles. The van der Waals surface area contributed by atoms with Crippen LogP contribution >= 0.6 is 0 Å². The first-order chi connectivity index (χ1) is 14.7. The zero-order valence-corrected chi connectivity index (χ0v) is 17.8. The number of halogens is 1. The number of rotatable bonds is 8. The second-order valence-electron chi connectivity index (χ2n) is 7.14. The third-order valence-corrected chi connectivity index (χ3v) is 4.45. The molecule has 0 aliphatic heterocycles. The van der Waals surface area contributed by atoms with Crippen LogP contribution in [0.25, 0.3) is 0 Å². The Kier molecular flexibility index (Phi) is 8.36. The van der Waals surface area contributed by atoms with Crippen LogP contribution in [0.2, 0.25) is 0 Å². The van der Waals surface area contributed by atoms with E-state index in [1.165, 1.54) is 50.6 Å². The Morgan fingerprint density at radius 3 is 2.03 bits per heavy atom. The Morgan fingerprint density at radius 1 is 0.935 bits per heavy atom. The Bertz CT molecular complexity index is 909. The van der Waals surface area contributed by atoms with Gasteiger partial charge in [0.2, 0.25) is 5.91 Å². The van der Waals surface area contributed by atoms with Gasteiger partial charge < -0.3 is 14.8 Å². The predicted octanol–water partition coefficient (Wildman–Crippen LogP) is 1.99. The maximum Gasteiger partial charge on any atom is 0.261 e. The third-order valence-electron chi connectivity index (χ3n) is 4.45. The van der Waals surface area contributed by atoms with Crippen LogP contribution in [0.5, 0.6) is 11.5 Å². The molecular weight excluding hydrogens is 405 g/mol. The molecular formula is C22H26FN3O5. The van der Waals surface area contributed by atoms with Crippen LogP contribution in [0.3, 0.4) is 0 Å². The molecule has 0 radical (unpaired) electrons. The summed E-state index contributed by atoms with van der Waals surface area (Å²) in [7, 11) is 2.94. The molecule has 31 heavy (non-hydrogen) atoms. The lowest BCUT2D eigenvalue weighted by atomic mass is 10.0. The van der Waals surface area contributed by atoms with E-state index in [0.29, 0.717) is 17.1 Å². The minimum Gasteiger partial charge on any atom is -0.497 e. The summed E-state index contributed by atoms with van der Waals surface area (Å²) < 4.78 is 23.3. The van der Waals surface area contributed by atoms with Crippen molar-refractivity contribution in [1.29, 1.82) is 0 Å². The Hall–Kier alpha value is -3.62. The topological polar surface area (TPSA) is 106 Å². The average Bonchev–Trinajstić information content (AvgIpc) is 2.76. The predicted molar refractivity (Wildman–Crippen MR) is 112 cm³/mol. The number of methoxy groups -OCH3 is 2. The van der Waals surface area contributed by atoms with E-state index in [9.17, 15) is 18.8 Å². The summed E-state index contributed by atoms with van der Waals surface area (Å²) in [6, 6.07) is 9.23. The van der Waals surface area contributed by atoms with Crippen molar-refractivity contribution in [1.82, 2.24) is 16.2 Å². The van der Waals surface area contributed by atoms with Gasteiger partial charge in [0.1, 0.15) is 23.4 Å². The van der Waals surface area contributed by atoms with Gasteiger partial charge in [0.25, 0.3) is 11.8 Å². The van der Waals surface area contributed by atoms with E-state index in [2.05, 4.69) is 16.2 Å². The van der Waals surface area contributed by atoms with Crippen molar-refractivity contribution in [3.05, 3.63) is 59.4 Å². The third kappa shape index (κ3) is 6.98. The average molecular weight is 431 g/mol. The molecule has 2 aromatic carbocycles. The number of amides is 3. The van der Waals surface area contributed by atoms with Gasteiger partial charge in [-0.15, -0.1) is 0 Å². The Labute approximate surface area is 180 Å². The summed E-state index contributed by atoms with van der Waals surface area (Å²) in [5.41, 5.74) is 5.48. The lowest BCUT2D eigenvalue weighted by Crippen LogP contribution is -2.54. The second kappa shape index (κ2) is 11.0. The first-order valence-electron chi connectivity index (χ1n) is 9.60. The van der Waals surface area contributed by atoms with Crippen LogP contribution in [0.4, 0.5) is 4.39 Å². The van der Waals surface area contributed by atoms with Gasteiger partial charge in [0.05, 0.1) is 20.6 Å². The number of hydrogen-bond donors (Lipinski definition) is 3. The van der Waals surface area contributed by atoms with Crippen molar-refractivity contribution >= 4 is 17.7 Å². The molecule has 0 aliphatic carbocycles. The molecule has 0 spiro atoms. The molecule has 1 unspecified atom stereocenters. The van der Waals surface area contributed by atoms with Crippen LogP contribution in [0, 0.1) is 11.7 Å². The van der Waals surface area contributed by atoms with Crippen molar-refractivity contribution < 1.29 is 28.2 Å². The van der Waals surface area contributed by atoms with Crippen molar-refractivity contribution in [3.8, 4) is 11.5 Å². The summed E-state index contributed by atoms with van der Waals surface area (Å²) in [6.07, 6.45) is -0.0388. The van der Waals surface area contributed by atoms with Crippen LogP contribution in [0.15, 0.2) is 42.5 Å². The lowest BCUT2D eigenvalue weighted by Gasteiger charge is -2.22. The van der Waals surface area contributed by atoms with Gasteiger partial charge in [0.15, 0.2) is 0 Å². The molecule has 0 aliphatic rings. The van der Waals surface area contributed by atoms with Crippen LogP contribution < -0.4 is 25.6 Å². The van der Waals surface area contributed by atoms with E-state index in [4.69, 9.17) is 9.47 Å². The van der Waals surface area contributed by atoms with E-state index in [-0.39, 0.29) is 17.9 Å². The Balaban J connectivity index is 1.99. The fraction of sp³-hybridized carbons (Fsp3) is 0.318. The molecule has 2 aromatic rings. The molecule has 2 rings (SSSR count). The van der Waals surface area contributed by atoms with Crippen molar-refractivity contribution in [2.75, 3.05) is 14.2 Å². The van der Waals surface area contributed by atoms with E-state index < -0.39 is 29.6 Å². The summed E-state index contributed by atoms with van der Waals surface area (Å²) >= 11 is 0. The molecule has 166 valence electrons. The zero-order chi connectivity index (χ0) is 23.0. The highest BCUT2D eigenvalue weighted by Crippen LogP contribution is 2.22. The zero-order valence-electron chi connectivity index (χ0n) is 17.8. The summed E-state index contributed by atoms with van der Waals surface area (Å²) in [4.78, 5) is 37.3. The maximum absolute atomic E-state index is 12.9. The number of carbonyl (C=O) groups is 3. The van der Waals surface area contributed by atoms with E-state index >= 15 is 0 Å². The standard InChI is InChI=1S/C22H26FN3O5/c1-13(2)20(24-21(28)15-10-17(30-3)12-18(11-15)31-4)22(29)26-25-19(27)9-14-5-7-16(23)8-6-14/h5-8,10-13,20H,9H2,1-4H3,(H,24,28)(H,25,27)(H,26,29). The van der Waals surface area contributed by atoms with Gasteiger partial charge in [-0.25, -0.2) is 4.39 Å². The first kappa shape index (κ1) is 23.7. The molecule has 3 N–H and O–H groups in total. The fourth-order valence-electron chi connectivity index (χ4n) is 2.74. The van der Waals surface area contributed by atoms with Crippen LogP contribution in [-0.2, 0) is 16.0 Å². The van der Waals surface area contributed by atoms with Crippen LogP contribution in [0.1, 0.15) is 29.8 Å².